The Morgan fingerprint density at radius 3 is 1.22 bits per heavy atom. The Labute approximate surface area is 656 Å². The molecule has 114 heavy (non-hydrogen) atoms. The van der Waals surface area contributed by atoms with E-state index in [9.17, 15) is 0 Å². The van der Waals surface area contributed by atoms with Crippen LogP contribution in [0.5, 0.6) is 0 Å². The summed E-state index contributed by atoms with van der Waals surface area (Å²) in [7, 11) is 0. The molecular weight excluding hydrogens is 1390 g/mol. The Morgan fingerprint density at radius 2 is 0.623 bits per heavy atom. The maximum absolute atomic E-state index is 5.66. The van der Waals surface area contributed by atoms with Crippen LogP contribution >= 0.6 is 0 Å². The van der Waals surface area contributed by atoms with Crippen LogP contribution in [0.4, 0.5) is 0 Å². The normalized spacial score (nSPS) is 14.1. The van der Waals surface area contributed by atoms with Crippen molar-refractivity contribution in [2.24, 2.45) is 0 Å². The highest BCUT2D eigenvalue weighted by Gasteiger charge is 2.39. The van der Waals surface area contributed by atoms with Crippen LogP contribution < -0.4 is 0 Å². The van der Waals surface area contributed by atoms with Gasteiger partial charge in [0.1, 0.15) is 11.6 Å². The number of fused-ring (bicyclic) bond motifs is 12. The molecule has 0 fully saturated rings. The fourth-order valence-electron chi connectivity index (χ4n) is 18.7. The van der Waals surface area contributed by atoms with Crippen molar-refractivity contribution in [1.29, 1.82) is 0 Å². The van der Waals surface area contributed by atoms with Crippen LogP contribution in [0.25, 0.3) is 200 Å². The van der Waals surface area contributed by atoms with Gasteiger partial charge in [-0.2, -0.15) is 0 Å². The lowest BCUT2D eigenvalue weighted by Crippen LogP contribution is -2.30. The van der Waals surface area contributed by atoms with Gasteiger partial charge in [0.15, 0.2) is 34.9 Å². The highest BCUT2D eigenvalue weighted by atomic mass is 15.1. The summed E-state index contributed by atoms with van der Waals surface area (Å²) in [5.41, 5.74) is 24.7. The average molecular weight is 1460 g/mol. The Morgan fingerprint density at radius 1 is 0.237 bits per heavy atom. The number of benzene rings is 15. The first-order chi connectivity index (χ1) is 56.1. The van der Waals surface area contributed by atoms with Crippen molar-refractivity contribution in [2.45, 2.75) is 38.0 Å². The van der Waals surface area contributed by atoms with Crippen molar-refractivity contribution >= 4 is 87.0 Å². The Kier molecular flexibility index (Phi) is 14.4. The molecule has 1 atom stereocenters. The van der Waals surface area contributed by atoms with Gasteiger partial charge in [-0.05, 0) is 168 Å². The fraction of sp³-hybridized carbons (Fsp3) is 0.0577. The number of pyridine rings is 2. The molecule has 6 heterocycles. The molecule has 10 heteroatoms. The van der Waals surface area contributed by atoms with Crippen LogP contribution in [0, 0.1) is 0 Å². The van der Waals surface area contributed by atoms with Gasteiger partial charge in [0.05, 0.1) is 33.1 Å². The summed E-state index contributed by atoms with van der Waals surface area (Å²) in [5.74, 6) is 5.45. The van der Waals surface area contributed by atoms with E-state index in [4.69, 9.17) is 39.9 Å². The van der Waals surface area contributed by atoms with Crippen molar-refractivity contribution in [3.8, 4) is 113 Å². The van der Waals surface area contributed by atoms with Gasteiger partial charge in [0.2, 0.25) is 0 Å². The molecule has 23 rings (SSSR count). The number of rotatable bonds is 11. The predicted molar refractivity (Wildman–Crippen MR) is 465 cm³/mol. The summed E-state index contributed by atoms with van der Waals surface area (Å²) in [6, 6.07) is 124. The standard InChI is InChI=1S/C104H68N10/c1-103(2)83-32-16-12-28-75(83)81-59-93(105-87-36-20-34-85(103)95(81)87)114-90-39-19-15-31-78(90)80-58-74(51-53-92(80)114)102-111-100(72-48-44-63-22-10-11-27-68(63)55-72)110-101(112-102)73-49-47-69-54-62(40-41-70(69)56-73)61-104(3)84-33-17-13-29-76(84)82-60-94(106-88-37-21-35-86(104)96(82)88)113-89-38-18-14-30-77(89)79-57-71(50-52-91(79)113)64-42-45-67(46-43-64)99-108-97(65-23-6-4-7-24-65)107-98(109-99)66-25-8-5-9-26-66/h4-60H,61H2,1-3H3. The Hall–Kier alpha value is -14.7. The maximum Gasteiger partial charge on any atom is 0.164 e. The van der Waals surface area contributed by atoms with Gasteiger partial charge in [0, 0.05) is 76.5 Å². The lowest BCUT2D eigenvalue weighted by molar-refractivity contribution is 0.571. The molecule has 0 saturated carbocycles. The van der Waals surface area contributed by atoms with E-state index in [0.29, 0.717) is 34.9 Å². The molecule has 21 aromatic rings. The second kappa shape index (κ2) is 25.1. The lowest BCUT2D eigenvalue weighted by Gasteiger charge is -2.38. The van der Waals surface area contributed by atoms with Gasteiger partial charge in [0.25, 0.3) is 0 Å². The second-order valence-electron chi connectivity index (χ2n) is 31.2. The third-order valence-corrected chi connectivity index (χ3v) is 24.2. The fourth-order valence-corrected chi connectivity index (χ4v) is 18.7. The molecule has 0 amide bonds. The molecule has 6 aromatic heterocycles. The predicted octanol–water partition coefficient (Wildman–Crippen LogP) is 25.2. The van der Waals surface area contributed by atoms with E-state index in [0.717, 1.165) is 139 Å². The minimum absolute atomic E-state index is 0.171. The molecule has 0 bridgehead atoms. The van der Waals surface area contributed by atoms with Crippen molar-refractivity contribution in [1.82, 2.24) is 49.0 Å². The Balaban J connectivity index is 0.581. The van der Waals surface area contributed by atoms with E-state index < -0.39 is 5.41 Å². The van der Waals surface area contributed by atoms with E-state index in [1.165, 1.54) is 60.8 Å². The summed E-state index contributed by atoms with van der Waals surface area (Å²) in [5, 5.41) is 11.4. The van der Waals surface area contributed by atoms with Crippen LogP contribution in [0.3, 0.4) is 0 Å². The average Bonchev–Trinajstić information content (AvgIpc) is 0.827. The van der Waals surface area contributed by atoms with Gasteiger partial charge in [-0.3, -0.25) is 9.13 Å². The minimum Gasteiger partial charge on any atom is -0.294 e. The van der Waals surface area contributed by atoms with E-state index in [1.54, 1.807) is 0 Å². The van der Waals surface area contributed by atoms with Crippen LogP contribution in [-0.2, 0) is 17.3 Å². The Bertz CT molecular complexity index is 7570. The van der Waals surface area contributed by atoms with Gasteiger partial charge in [-0.1, -0.05) is 288 Å². The minimum atomic E-state index is -0.404. The van der Waals surface area contributed by atoms with Crippen molar-refractivity contribution in [3.63, 3.8) is 0 Å². The molecule has 10 nitrogen and oxygen atoms in total. The van der Waals surface area contributed by atoms with Gasteiger partial charge in [-0.25, -0.2) is 39.9 Å². The summed E-state index contributed by atoms with van der Waals surface area (Å²) >= 11 is 0. The van der Waals surface area contributed by atoms with Crippen molar-refractivity contribution in [2.75, 3.05) is 0 Å². The van der Waals surface area contributed by atoms with E-state index in [2.05, 4.69) is 315 Å². The second-order valence-corrected chi connectivity index (χ2v) is 31.2. The molecule has 0 radical (unpaired) electrons. The number of nitrogens with zero attached hydrogens (tertiary/aromatic N) is 10. The third-order valence-electron chi connectivity index (χ3n) is 24.2. The quantitative estimate of drug-likeness (QED) is 0.126. The zero-order valence-corrected chi connectivity index (χ0v) is 62.6. The lowest BCUT2D eigenvalue weighted by atomic mass is 9.65. The van der Waals surface area contributed by atoms with Crippen LogP contribution in [-0.4, -0.2) is 49.0 Å². The van der Waals surface area contributed by atoms with Crippen LogP contribution in [0.15, 0.2) is 346 Å². The molecule has 0 saturated heterocycles. The van der Waals surface area contributed by atoms with E-state index in [-0.39, 0.29) is 5.41 Å². The van der Waals surface area contributed by atoms with Gasteiger partial charge in [-0.15, -0.1) is 0 Å². The summed E-state index contributed by atoms with van der Waals surface area (Å²) < 4.78 is 4.68. The molecule has 2 aliphatic rings. The number of aromatic nitrogens is 10. The first-order valence-corrected chi connectivity index (χ1v) is 39.0. The third kappa shape index (κ3) is 10.3. The van der Waals surface area contributed by atoms with E-state index in [1.807, 2.05) is 60.7 Å². The molecule has 15 aromatic carbocycles. The van der Waals surface area contributed by atoms with Crippen molar-refractivity contribution < 1.29 is 0 Å². The smallest absolute Gasteiger partial charge is 0.164 e. The SMILES string of the molecule is CC1(C)c2ccccc2-c2cc(-n3c4ccccc4c4cc(-c5nc(-c6ccc7ccccc7c6)nc(-c6ccc7cc(CC8(C)c9ccccc9-c9cc(-n%10c%11ccccc%11c%11cc(-c%12ccc(-c%13nc(-c%14ccccc%14)nc(-c%14ccccc%14)n%13)cc%12)ccc%11%10)nc%10cccc8c9%10)ccc7c6)n5)ccc43)nc3cccc1c23. The van der Waals surface area contributed by atoms with Crippen molar-refractivity contribution in [3.05, 3.63) is 374 Å². The largest absolute Gasteiger partial charge is 0.294 e. The topological polar surface area (TPSA) is 113 Å². The molecule has 0 N–H and O–H groups in total. The first-order valence-electron chi connectivity index (χ1n) is 39.0. The van der Waals surface area contributed by atoms with Crippen LogP contribution in [0.2, 0.25) is 0 Å². The summed E-state index contributed by atoms with van der Waals surface area (Å²) in [6.07, 6.45) is 0.768. The van der Waals surface area contributed by atoms with Gasteiger partial charge < -0.3 is 0 Å². The highest BCUT2D eigenvalue weighted by Crippen LogP contribution is 2.53. The molecule has 1 unspecified atom stereocenters. The number of para-hydroxylation sites is 2. The summed E-state index contributed by atoms with van der Waals surface area (Å²) in [4.78, 5) is 42.2. The molecular formula is C104H68N10. The zero-order chi connectivity index (χ0) is 75.5. The zero-order valence-electron chi connectivity index (χ0n) is 62.6. The molecule has 2 aliphatic carbocycles. The number of hydrogen-bond donors (Lipinski definition) is 0. The van der Waals surface area contributed by atoms with E-state index >= 15 is 0 Å². The first kappa shape index (κ1) is 65.2. The number of hydrogen-bond acceptors (Lipinski definition) is 8. The molecule has 0 spiro atoms. The maximum atomic E-state index is 5.66. The summed E-state index contributed by atoms with van der Waals surface area (Å²) in [6.45, 7) is 7.08. The van der Waals surface area contributed by atoms with Crippen LogP contribution in [0.1, 0.15) is 48.6 Å². The van der Waals surface area contributed by atoms with Gasteiger partial charge >= 0.3 is 0 Å². The monoisotopic (exact) mass is 1460 g/mol. The highest BCUT2D eigenvalue weighted by molar-refractivity contribution is 6.13. The molecule has 534 valence electrons. The molecule has 0 aliphatic heterocycles.